The van der Waals surface area contributed by atoms with Crippen LogP contribution in [0.1, 0.15) is 40.5 Å². The van der Waals surface area contributed by atoms with Gasteiger partial charge >= 0.3 is 5.97 Å². The lowest BCUT2D eigenvalue weighted by Gasteiger charge is -2.25. The van der Waals surface area contributed by atoms with Crippen molar-refractivity contribution in [3.8, 4) is 0 Å². The van der Waals surface area contributed by atoms with Crippen LogP contribution in [0.4, 0.5) is 0 Å². The summed E-state index contributed by atoms with van der Waals surface area (Å²) in [4.78, 5) is 11.3. The topological polar surface area (TPSA) is 63.6 Å². The third-order valence-electron chi connectivity index (χ3n) is 1.86. The molecule has 0 aromatic rings. The quantitative estimate of drug-likeness (QED) is 0.568. The SMILES string of the molecule is CCCC(C)(C)OC(=O)C(C)S(=O)O. The number of hydrogen-bond acceptors (Lipinski definition) is 3. The van der Waals surface area contributed by atoms with Crippen molar-refractivity contribution in [1.29, 1.82) is 0 Å². The molecule has 0 saturated heterocycles. The van der Waals surface area contributed by atoms with Crippen molar-refractivity contribution in [2.24, 2.45) is 0 Å². The van der Waals surface area contributed by atoms with E-state index in [2.05, 4.69) is 0 Å². The van der Waals surface area contributed by atoms with Crippen molar-refractivity contribution in [2.75, 3.05) is 0 Å². The molecule has 2 atom stereocenters. The van der Waals surface area contributed by atoms with Gasteiger partial charge in [0.05, 0.1) is 0 Å². The Morgan fingerprint density at radius 3 is 2.43 bits per heavy atom. The standard InChI is InChI=1S/C9H18O4S/c1-5-6-9(3,4)13-8(10)7(2)14(11)12/h7H,5-6H2,1-4H3,(H,11,12). The molecule has 0 aromatic carbocycles. The van der Waals surface area contributed by atoms with Crippen LogP contribution in [-0.4, -0.2) is 25.6 Å². The first-order valence-electron chi connectivity index (χ1n) is 4.62. The van der Waals surface area contributed by atoms with E-state index in [1.165, 1.54) is 6.92 Å². The number of hydrogen-bond donors (Lipinski definition) is 1. The van der Waals surface area contributed by atoms with Crippen LogP contribution in [0.25, 0.3) is 0 Å². The van der Waals surface area contributed by atoms with E-state index < -0.39 is 27.9 Å². The van der Waals surface area contributed by atoms with Crippen LogP contribution in [0, 0.1) is 0 Å². The van der Waals surface area contributed by atoms with Crippen LogP contribution in [0.3, 0.4) is 0 Å². The molecule has 4 nitrogen and oxygen atoms in total. The van der Waals surface area contributed by atoms with Gasteiger partial charge in [-0.1, -0.05) is 13.3 Å². The predicted octanol–water partition coefficient (Wildman–Crippen LogP) is 1.72. The third kappa shape index (κ3) is 4.72. The van der Waals surface area contributed by atoms with E-state index in [4.69, 9.17) is 9.29 Å². The van der Waals surface area contributed by atoms with Gasteiger partial charge in [0, 0.05) is 0 Å². The second kappa shape index (κ2) is 5.46. The lowest BCUT2D eigenvalue weighted by atomic mass is 10.0. The average Bonchev–Trinajstić information content (AvgIpc) is 2.01. The molecule has 84 valence electrons. The smallest absolute Gasteiger partial charge is 0.324 e. The van der Waals surface area contributed by atoms with Crippen LogP contribution in [0.15, 0.2) is 0 Å². The Hall–Kier alpha value is -0.420. The number of esters is 1. The van der Waals surface area contributed by atoms with Gasteiger partial charge < -0.3 is 9.29 Å². The normalized spacial score (nSPS) is 16.1. The number of carbonyl (C=O) groups excluding carboxylic acids is 1. The molecular weight excluding hydrogens is 204 g/mol. The molecule has 0 bridgehead atoms. The van der Waals surface area contributed by atoms with Crippen molar-refractivity contribution in [3.63, 3.8) is 0 Å². The maximum Gasteiger partial charge on any atom is 0.324 e. The maximum absolute atomic E-state index is 11.3. The van der Waals surface area contributed by atoms with Gasteiger partial charge in [0.1, 0.15) is 5.60 Å². The molecule has 0 heterocycles. The summed E-state index contributed by atoms with van der Waals surface area (Å²) in [5.41, 5.74) is -0.556. The Balaban J connectivity index is 4.24. The van der Waals surface area contributed by atoms with Gasteiger partial charge in [-0.25, -0.2) is 4.21 Å². The van der Waals surface area contributed by atoms with E-state index in [1.54, 1.807) is 13.8 Å². The van der Waals surface area contributed by atoms with Crippen LogP contribution < -0.4 is 0 Å². The van der Waals surface area contributed by atoms with Crippen molar-refractivity contribution < 1.29 is 18.3 Å². The fourth-order valence-electron chi connectivity index (χ4n) is 1.09. The minimum absolute atomic E-state index is 0.556. The Kier molecular flexibility index (Phi) is 5.29. The van der Waals surface area contributed by atoms with Gasteiger partial charge in [0.15, 0.2) is 16.3 Å². The molecule has 1 N–H and O–H groups in total. The predicted molar refractivity (Wildman–Crippen MR) is 55.3 cm³/mol. The lowest BCUT2D eigenvalue weighted by Crippen LogP contribution is -2.34. The first-order valence-corrected chi connectivity index (χ1v) is 5.79. The zero-order chi connectivity index (χ0) is 11.4. The molecule has 0 rings (SSSR count). The Morgan fingerprint density at radius 2 is 2.07 bits per heavy atom. The van der Waals surface area contributed by atoms with E-state index in [0.29, 0.717) is 0 Å². The van der Waals surface area contributed by atoms with Crippen molar-refractivity contribution >= 4 is 17.0 Å². The maximum atomic E-state index is 11.3. The third-order valence-corrected chi connectivity index (χ3v) is 2.66. The highest BCUT2D eigenvalue weighted by Crippen LogP contribution is 2.17. The van der Waals surface area contributed by atoms with E-state index >= 15 is 0 Å². The first-order chi connectivity index (χ1) is 6.30. The van der Waals surface area contributed by atoms with Crippen LogP contribution in [0.2, 0.25) is 0 Å². The molecule has 0 aliphatic heterocycles. The van der Waals surface area contributed by atoms with Crippen molar-refractivity contribution in [2.45, 2.75) is 51.4 Å². The highest BCUT2D eigenvalue weighted by atomic mass is 32.2. The summed E-state index contributed by atoms with van der Waals surface area (Å²) in [6, 6.07) is 0. The summed E-state index contributed by atoms with van der Waals surface area (Å²) in [7, 11) is 0. The second-order valence-corrected chi connectivity index (χ2v) is 5.11. The monoisotopic (exact) mass is 222 g/mol. The van der Waals surface area contributed by atoms with Crippen LogP contribution >= 0.6 is 0 Å². The van der Waals surface area contributed by atoms with Crippen LogP contribution in [0.5, 0.6) is 0 Å². The van der Waals surface area contributed by atoms with Gasteiger partial charge in [-0.3, -0.25) is 4.79 Å². The zero-order valence-electron chi connectivity index (χ0n) is 9.07. The van der Waals surface area contributed by atoms with Crippen LogP contribution in [-0.2, 0) is 20.6 Å². The number of rotatable bonds is 5. The largest absolute Gasteiger partial charge is 0.459 e. The molecule has 0 radical (unpaired) electrons. The molecule has 0 saturated carbocycles. The second-order valence-electron chi connectivity index (χ2n) is 3.85. The molecule has 14 heavy (non-hydrogen) atoms. The Morgan fingerprint density at radius 1 is 1.57 bits per heavy atom. The average molecular weight is 222 g/mol. The fourth-order valence-corrected chi connectivity index (χ4v) is 1.30. The minimum atomic E-state index is -2.15. The number of ether oxygens (including phenoxy) is 1. The molecular formula is C9H18O4S. The molecule has 0 fully saturated rings. The Bertz CT molecular complexity index is 225. The summed E-state index contributed by atoms with van der Waals surface area (Å²) in [6.07, 6.45) is 1.64. The zero-order valence-corrected chi connectivity index (χ0v) is 9.89. The Labute approximate surface area is 87.3 Å². The van der Waals surface area contributed by atoms with Gasteiger partial charge in [-0.05, 0) is 27.2 Å². The molecule has 0 aliphatic rings. The van der Waals surface area contributed by atoms with E-state index in [-0.39, 0.29) is 0 Å². The van der Waals surface area contributed by atoms with Gasteiger partial charge in [-0.15, -0.1) is 0 Å². The molecule has 0 spiro atoms. The molecule has 0 amide bonds. The van der Waals surface area contributed by atoms with Crippen molar-refractivity contribution in [1.82, 2.24) is 0 Å². The van der Waals surface area contributed by atoms with Crippen molar-refractivity contribution in [3.05, 3.63) is 0 Å². The van der Waals surface area contributed by atoms with Gasteiger partial charge in [-0.2, -0.15) is 0 Å². The van der Waals surface area contributed by atoms with E-state index in [0.717, 1.165) is 12.8 Å². The van der Waals surface area contributed by atoms with Gasteiger partial charge in [0.25, 0.3) is 0 Å². The minimum Gasteiger partial charge on any atom is -0.459 e. The van der Waals surface area contributed by atoms with E-state index in [1.807, 2.05) is 6.92 Å². The highest BCUT2D eigenvalue weighted by Gasteiger charge is 2.27. The number of carbonyl (C=O) groups is 1. The summed E-state index contributed by atoms with van der Waals surface area (Å²) >= 11 is -2.15. The lowest BCUT2D eigenvalue weighted by molar-refractivity contribution is -0.156. The molecule has 0 aromatic heterocycles. The molecule has 0 aliphatic carbocycles. The molecule has 5 heteroatoms. The summed E-state index contributed by atoms with van der Waals surface area (Å²) in [5.74, 6) is -0.621. The van der Waals surface area contributed by atoms with E-state index in [9.17, 15) is 9.00 Å². The highest BCUT2D eigenvalue weighted by molar-refractivity contribution is 7.80. The first kappa shape index (κ1) is 13.6. The summed E-state index contributed by atoms with van der Waals surface area (Å²) in [5, 5.41) is -0.980. The summed E-state index contributed by atoms with van der Waals surface area (Å²) in [6.45, 7) is 6.95. The molecule has 2 unspecified atom stereocenters. The fraction of sp³-hybridized carbons (Fsp3) is 0.889. The van der Waals surface area contributed by atoms with Gasteiger partial charge in [0.2, 0.25) is 0 Å². The summed E-state index contributed by atoms with van der Waals surface area (Å²) < 4.78 is 24.4.